The summed E-state index contributed by atoms with van der Waals surface area (Å²) in [5.74, 6) is 0.583. The molecule has 0 fully saturated rings. The third kappa shape index (κ3) is 3.63. The smallest absolute Gasteiger partial charge is 0.240 e. The summed E-state index contributed by atoms with van der Waals surface area (Å²) in [6.45, 7) is 0.406. The molecule has 0 aliphatic rings. The van der Waals surface area contributed by atoms with Gasteiger partial charge in [0.25, 0.3) is 0 Å². The number of rotatable bonds is 6. The second-order valence-corrected chi connectivity index (χ2v) is 3.71. The molecule has 2 aromatic rings. The van der Waals surface area contributed by atoms with Crippen LogP contribution >= 0.6 is 0 Å². The van der Waals surface area contributed by atoms with Gasteiger partial charge in [0.15, 0.2) is 5.82 Å². The monoisotopic (exact) mass is 247 g/mol. The van der Waals surface area contributed by atoms with E-state index in [1.807, 2.05) is 12.1 Å². The van der Waals surface area contributed by atoms with E-state index < -0.39 is 5.91 Å². The standard InChI is InChI=1S/C11H13N5O2/c12-9(17)6-14-7-11-15-10(16-18-11)4-8-2-1-3-13-5-8/h1-3,5,14H,4,6-7H2,(H2,12,17). The van der Waals surface area contributed by atoms with Crippen molar-refractivity contribution in [2.24, 2.45) is 5.73 Å². The fourth-order valence-electron chi connectivity index (χ4n) is 1.41. The first-order chi connectivity index (χ1) is 8.74. The largest absolute Gasteiger partial charge is 0.369 e. The minimum absolute atomic E-state index is 0.0836. The zero-order valence-electron chi connectivity index (χ0n) is 9.67. The molecule has 2 heterocycles. The lowest BCUT2D eigenvalue weighted by atomic mass is 10.2. The van der Waals surface area contributed by atoms with Crippen LogP contribution in [0.1, 0.15) is 17.3 Å². The first-order valence-electron chi connectivity index (χ1n) is 5.43. The molecule has 0 radical (unpaired) electrons. The van der Waals surface area contributed by atoms with Crippen LogP contribution < -0.4 is 11.1 Å². The van der Waals surface area contributed by atoms with E-state index in [4.69, 9.17) is 10.3 Å². The van der Waals surface area contributed by atoms with Crippen LogP contribution in [-0.2, 0) is 17.8 Å². The summed E-state index contributed by atoms with van der Waals surface area (Å²) in [6, 6.07) is 3.79. The molecule has 7 nitrogen and oxygen atoms in total. The van der Waals surface area contributed by atoms with Gasteiger partial charge < -0.3 is 10.3 Å². The number of nitrogens with zero attached hydrogens (tertiary/aromatic N) is 3. The lowest BCUT2D eigenvalue weighted by molar-refractivity contribution is -0.117. The number of primary amides is 1. The minimum atomic E-state index is -0.426. The molecule has 0 aromatic carbocycles. The topological polar surface area (TPSA) is 107 Å². The van der Waals surface area contributed by atoms with Crippen molar-refractivity contribution in [1.82, 2.24) is 20.4 Å². The summed E-state index contributed by atoms with van der Waals surface area (Å²) in [4.78, 5) is 18.7. The van der Waals surface area contributed by atoms with E-state index in [2.05, 4.69) is 20.4 Å². The van der Waals surface area contributed by atoms with Crippen LogP contribution in [0.2, 0.25) is 0 Å². The fraction of sp³-hybridized carbons (Fsp3) is 0.273. The van der Waals surface area contributed by atoms with E-state index in [1.54, 1.807) is 12.4 Å². The molecule has 1 amide bonds. The first-order valence-corrected chi connectivity index (χ1v) is 5.43. The third-order valence-electron chi connectivity index (χ3n) is 2.17. The normalized spacial score (nSPS) is 10.4. The number of pyridine rings is 1. The van der Waals surface area contributed by atoms with Crippen molar-refractivity contribution >= 4 is 5.91 Å². The average Bonchev–Trinajstić information content (AvgIpc) is 2.78. The predicted molar refractivity (Wildman–Crippen MR) is 62.2 cm³/mol. The summed E-state index contributed by atoms with van der Waals surface area (Å²) >= 11 is 0. The number of hydrogen-bond donors (Lipinski definition) is 2. The van der Waals surface area contributed by atoms with Crippen LogP contribution in [0, 0.1) is 0 Å². The van der Waals surface area contributed by atoms with Crippen LogP contribution in [0.4, 0.5) is 0 Å². The van der Waals surface area contributed by atoms with Gasteiger partial charge in [-0.3, -0.25) is 15.1 Å². The predicted octanol–water partition coefficient (Wildman–Crippen LogP) is -0.370. The molecule has 3 N–H and O–H groups in total. The number of carbonyl (C=O) groups is 1. The Labute approximate surface area is 103 Å². The van der Waals surface area contributed by atoms with Gasteiger partial charge in [0.2, 0.25) is 11.8 Å². The Bertz CT molecular complexity index is 511. The van der Waals surface area contributed by atoms with Crippen LogP contribution in [0.3, 0.4) is 0 Å². The van der Waals surface area contributed by atoms with Crippen LogP contribution in [0.15, 0.2) is 29.0 Å². The molecule has 2 rings (SSSR count). The maximum atomic E-state index is 10.5. The zero-order chi connectivity index (χ0) is 12.8. The molecule has 0 atom stereocenters. The summed E-state index contributed by atoms with van der Waals surface area (Å²) < 4.78 is 5.02. The van der Waals surface area contributed by atoms with E-state index in [1.165, 1.54) is 0 Å². The Morgan fingerprint density at radius 3 is 3.11 bits per heavy atom. The Balaban J connectivity index is 1.88. The van der Waals surface area contributed by atoms with Crippen molar-refractivity contribution in [3.8, 4) is 0 Å². The number of nitrogens with two attached hydrogens (primary N) is 1. The van der Waals surface area contributed by atoms with Crippen molar-refractivity contribution < 1.29 is 9.32 Å². The average molecular weight is 247 g/mol. The molecule has 0 bridgehead atoms. The number of nitrogens with one attached hydrogen (secondary N) is 1. The number of aromatic nitrogens is 3. The molecule has 0 spiro atoms. The highest BCUT2D eigenvalue weighted by Gasteiger charge is 2.07. The quantitative estimate of drug-likeness (QED) is 0.721. The Kier molecular flexibility index (Phi) is 3.98. The van der Waals surface area contributed by atoms with Crippen LogP contribution in [0.25, 0.3) is 0 Å². The molecule has 0 saturated heterocycles. The maximum Gasteiger partial charge on any atom is 0.240 e. The van der Waals surface area contributed by atoms with Gasteiger partial charge in [0.1, 0.15) is 0 Å². The molecule has 0 unspecified atom stereocenters. The second kappa shape index (κ2) is 5.87. The molecular weight excluding hydrogens is 234 g/mol. The summed E-state index contributed by atoms with van der Waals surface area (Å²) in [5.41, 5.74) is 6.00. The molecule has 94 valence electrons. The van der Waals surface area contributed by atoms with Gasteiger partial charge in [-0.05, 0) is 11.6 Å². The van der Waals surface area contributed by atoms with Crippen LogP contribution in [0.5, 0.6) is 0 Å². The van der Waals surface area contributed by atoms with Crippen molar-refractivity contribution in [3.63, 3.8) is 0 Å². The van der Waals surface area contributed by atoms with Gasteiger partial charge in [0.05, 0.1) is 13.1 Å². The van der Waals surface area contributed by atoms with E-state index in [0.717, 1.165) is 5.56 Å². The summed E-state index contributed by atoms with van der Waals surface area (Å²) in [5, 5.41) is 6.63. The van der Waals surface area contributed by atoms with E-state index >= 15 is 0 Å². The number of amides is 1. The molecule has 0 aliphatic heterocycles. The van der Waals surface area contributed by atoms with Crippen LogP contribution in [-0.4, -0.2) is 27.6 Å². The minimum Gasteiger partial charge on any atom is -0.369 e. The van der Waals surface area contributed by atoms with Crippen molar-refractivity contribution in [2.75, 3.05) is 6.54 Å². The molecule has 2 aromatic heterocycles. The van der Waals surface area contributed by atoms with E-state index in [9.17, 15) is 4.79 Å². The van der Waals surface area contributed by atoms with Gasteiger partial charge in [-0.15, -0.1) is 0 Å². The lowest BCUT2D eigenvalue weighted by Crippen LogP contribution is -2.28. The molecule has 7 heteroatoms. The highest BCUT2D eigenvalue weighted by molar-refractivity contribution is 5.75. The van der Waals surface area contributed by atoms with Crippen molar-refractivity contribution in [1.29, 1.82) is 0 Å². The second-order valence-electron chi connectivity index (χ2n) is 3.71. The van der Waals surface area contributed by atoms with Gasteiger partial charge in [-0.25, -0.2) is 0 Å². The Morgan fingerprint density at radius 2 is 2.39 bits per heavy atom. The van der Waals surface area contributed by atoms with Gasteiger partial charge in [-0.2, -0.15) is 4.98 Å². The summed E-state index contributed by atoms with van der Waals surface area (Å²) in [6.07, 6.45) is 4.02. The van der Waals surface area contributed by atoms with Gasteiger partial charge in [-0.1, -0.05) is 11.2 Å². The van der Waals surface area contributed by atoms with E-state index in [-0.39, 0.29) is 6.54 Å². The first kappa shape index (κ1) is 12.2. The molecule has 0 aliphatic carbocycles. The SMILES string of the molecule is NC(=O)CNCc1nc(Cc2cccnc2)no1. The molecule has 18 heavy (non-hydrogen) atoms. The van der Waals surface area contributed by atoms with E-state index in [0.29, 0.717) is 24.7 Å². The zero-order valence-corrected chi connectivity index (χ0v) is 9.67. The lowest BCUT2D eigenvalue weighted by Gasteiger charge is -1.95. The number of carbonyl (C=O) groups excluding carboxylic acids is 1. The third-order valence-corrected chi connectivity index (χ3v) is 2.17. The van der Waals surface area contributed by atoms with Crippen molar-refractivity contribution in [3.05, 3.63) is 41.8 Å². The molecular formula is C11H13N5O2. The van der Waals surface area contributed by atoms with Crippen molar-refractivity contribution in [2.45, 2.75) is 13.0 Å². The Hall–Kier alpha value is -2.28. The fourth-order valence-corrected chi connectivity index (χ4v) is 1.41. The maximum absolute atomic E-state index is 10.5. The van der Waals surface area contributed by atoms with Gasteiger partial charge in [0, 0.05) is 18.8 Å². The Morgan fingerprint density at radius 1 is 1.50 bits per heavy atom. The summed E-state index contributed by atoms with van der Waals surface area (Å²) in [7, 11) is 0. The highest BCUT2D eigenvalue weighted by atomic mass is 16.5. The highest BCUT2D eigenvalue weighted by Crippen LogP contribution is 2.05. The number of hydrogen-bond acceptors (Lipinski definition) is 6. The molecule has 0 saturated carbocycles. The van der Waals surface area contributed by atoms with Gasteiger partial charge >= 0.3 is 0 Å².